The standard InChI is InChI=1S/C25H26NO4P/c1-25(2)17-29-31(28,30-18-25)23(22-14-8-12-20-11-6-7-13-21(20)22)24(27)26-16-15-19-9-4-3-5-10-19/h3-16,23H,17-18H2,1-2H3,(H,26,27)/b16-15+. The highest BCUT2D eigenvalue weighted by atomic mass is 31.2. The van der Waals surface area contributed by atoms with Gasteiger partial charge in [-0.15, -0.1) is 0 Å². The van der Waals surface area contributed by atoms with Crippen LogP contribution in [0.2, 0.25) is 0 Å². The average Bonchev–Trinajstić information content (AvgIpc) is 2.77. The second-order valence-corrected chi connectivity index (χ2v) is 10.6. The van der Waals surface area contributed by atoms with E-state index in [1.165, 1.54) is 0 Å². The molecule has 1 unspecified atom stereocenters. The number of amides is 1. The van der Waals surface area contributed by atoms with Gasteiger partial charge in [0.2, 0.25) is 5.91 Å². The molecule has 0 aromatic heterocycles. The third-order valence-electron chi connectivity index (χ3n) is 5.25. The van der Waals surface area contributed by atoms with Crippen molar-refractivity contribution in [2.24, 2.45) is 5.41 Å². The highest BCUT2D eigenvalue weighted by molar-refractivity contribution is 7.55. The van der Waals surface area contributed by atoms with E-state index in [-0.39, 0.29) is 18.6 Å². The molecule has 6 heteroatoms. The van der Waals surface area contributed by atoms with Crippen LogP contribution in [0.4, 0.5) is 0 Å². The highest BCUT2D eigenvalue weighted by Gasteiger charge is 2.47. The maximum atomic E-state index is 13.8. The molecule has 1 heterocycles. The van der Waals surface area contributed by atoms with Crippen LogP contribution in [0.15, 0.2) is 79.0 Å². The van der Waals surface area contributed by atoms with Crippen LogP contribution >= 0.6 is 7.60 Å². The van der Waals surface area contributed by atoms with Gasteiger partial charge < -0.3 is 14.4 Å². The molecule has 1 atom stereocenters. The molecular weight excluding hydrogens is 409 g/mol. The van der Waals surface area contributed by atoms with Crippen LogP contribution in [0.3, 0.4) is 0 Å². The summed E-state index contributed by atoms with van der Waals surface area (Å²) in [4.78, 5) is 13.3. The summed E-state index contributed by atoms with van der Waals surface area (Å²) in [7, 11) is -3.74. The Balaban J connectivity index is 1.70. The van der Waals surface area contributed by atoms with Crippen molar-refractivity contribution in [3.63, 3.8) is 0 Å². The minimum atomic E-state index is -3.74. The van der Waals surface area contributed by atoms with E-state index >= 15 is 0 Å². The van der Waals surface area contributed by atoms with Crippen LogP contribution in [-0.2, 0) is 18.4 Å². The fourth-order valence-corrected chi connectivity index (χ4v) is 5.92. The van der Waals surface area contributed by atoms with Crippen LogP contribution < -0.4 is 5.32 Å². The van der Waals surface area contributed by atoms with Crippen LogP contribution in [-0.4, -0.2) is 19.1 Å². The van der Waals surface area contributed by atoms with Gasteiger partial charge in [-0.3, -0.25) is 9.36 Å². The summed E-state index contributed by atoms with van der Waals surface area (Å²) < 4.78 is 25.4. The molecular formula is C25H26NO4P. The summed E-state index contributed by atoms with van der Waals surface area (Å²) in [6.45, 7) is 4.48. The lowest BCUT2D eigenvalue weighted by molar-refractivity contribution is -0.120. The minimum Gasteiger partial charge on any atom is -0.332 e. The fraction of sp³-hybridized carbons (Fsp3) is 0.240. The summed E-state index contributed by atoms with van der Waals surface area (Å²) in [5.41, 5.74) is 0.242. The van der Waals surface area contributed by atoms with Crippen LogP contribution in [0.25, 0.3) is 16.8 Å². The van der Waals surface area contributed by atoms with Crippen LogP contribution in [0.1, 0.15) is 30.6 Å². The lowest BCUT2D eigenvalue weighted by Crippen LogP contribution is -2.34. The van der Waals surface area contributed by atoms with Crippen molar-refractivity contribution in [2.45, 2.75) is 19.5 Å². The Morgan fingerprint density at radius 3 is 2.35 bits per heavy atom. The predicted molar refractivity (Wildman–Crippen MR) is 124 cm³/mol. The monoisotopic (exact) mass is 435 g/mol. The van der Waals surface area contributed by atoms with Crippen molar-refractivity contribution in [1.82, 2.24) is 5.32 Å². The molecule has 0 saturated carbocycles. The van der Waals surface area contributed by atoms with Crippen molar-refractivity contribution in [1.29, 1.82) is 0 Å². The topological polar surface area (TPSA) is 64.6 Å². The fourth-order valence-electron chi connectivity index (χ4n) is 3.56. The summed E-state index contributed by atoms with van der Waals surface area (Å²) in [6, 6.07) is 23.0. The van der Waals surface area contributed by atoms with E-state index in [1.54, 1.807) is 12.3 Å². The van der Waals surface area contributed by atoms with Crippen molar-refractivity contribution >= 4 is 30.4 Å². The molecule has 1 aliphatic rings. The molecule has 1 amide bonds. The third kappa shape index (κ3) is 4.80. The molecule has 4 rings (SSSR count). The number of benzene rings is 3. The Hall–Kier alpha value is -2.72. The molecule has 3 aromatic carbocycles. The second kappa shape index (κ2) is 8.80. The summed E-state index contributed by atoms with van der Waals surface area (Å²) >= 11 is 0. The average molecular weight is 435 g/mol. The van der Waals surface area contributed by atoms with Gasteiger partial charge >= 0.3 is 7.60 Å². The predicted octanol–water partition coefficient (Wildman–Crippen LogP) is 5.93. The lowest BCUT2D eigenvalue weighted by Gasteiger charge is -2.37. The zero-order valence-electron chi connectivity index (χ0n) is 17.7. The van der Waals surface area contributed by atoms with Gasteiger partial charge in [-0.05, 0) is 28.0 Å². The molecule has 31 heavy (non-hydrogen) atoms. The van der Waals surface area contributed by atoms with Gasteiger partial charge in [0.05, 0.1) is 13.2 Å². The zero-order valence-corrected chi connectivity index (χ0v) is 18.5. The van der Waals surface area contributed by atoms with Crippen molar-refractivity contribution in [3.8, 4) is 0 Å². The number of fused-ring (bicyclic) bond motifs is 1. The Labute approximate surface area is 182 Å². The highest BCUT2D eigenvalue weighted by Crippen LogP contribution is 2.64. The largest absolute Gasteiger partial charge is 0.347 e. The number of rotatable bonds is 5. The van der Waals surface area contributed by atoms with Gasteiger partial charge in [0.15, 0.2) is 5.66 Å². The van der Waals surface area contributed by atoms with Gasteiger partial charge in [0.1, 0.15) is 0 Å². The van der Waals surface area contributed by atoms with Gasteiger partial charge in [0.25, 0.3) is 0 Å². The van der Waals surface area contributed by atoms with Gasteiger partial charge in [0, 0.05) is 11.6 Å². The summed E-state index contributed by atoms with van der Waals surface area (Å²) in [5, 5.41) is 4.60. The molecule has 3 aromatic rings. The maximum absolute atomic E-state index is 13.8. The first kappa shape index (κ1) is 21.5. The molecule has 1 fully saturated rings. The van der Waals surface area contributed by atoms with E-state index < -0.39 is 19.2 Å². The number of hydrogen-bond acceptors (Lipinski definition) is 4. The van der Waals surface area contributed by atoms with E-state index in [1.807, 2.05) is 86.6 Å². The van der Waals surface area contributed by atoms with E-state index in [2.05, 4.69) is 5.32 Å². The maximum Gasteiger partial charge on any atom is 0.347 e. The molecule has 0 radical (unpaired) electrons. The first-order valence-electron chi connectivity index (χ1n) is 10.3. The molecule has 1 aliphatic heterocycles. The van der Waals surface area contributed by atoms with Crippen molar-refractivity contribution in [2.75, 3.05) is 13.2 Å². The molecule has 160 valence electrons. The Kier molecular flexibility index (Phi) is 6.10. The lowest BCUT2D eigenvalue weighted by atomic mass is 9.97. The van der Waals surface area contributed by atoms with Crippen LogP contribution in [0.5, 0.6) is 0 Å². The van der Waals surface area contributed by atoms with Crippen molar-refractivity contribution in [3.05, 3.63) is 90.1 Å². The number of nitrogens with one attached hydrogen (secondary N) is 1. The van der Waals surface area contributed by atoms with Gasteiger partial charge in [-0.25, -0.2) is 0 Å². The van der Waals surface area contributed by atoms with E-state index in [0.717, 1.165) is 16.3 Å². The van der Waals surface area contributed by atoms with E-state index in [9.17, 15) is 9.36 Å². The first-order valence-corrected chi connectivity index (χ1v) is 11.9. The number of carbonyl (C=O) groups excluding carboxylic acids is 1. The van der Waals surface area contributed by atoms with Crippen molar-refractivity contribution < 1.29 is 18.4 Å². The quantitative estimate of drug-likeness (QED) is 0.504. The summed E-state index contributed by atoms with van der Waals surface area (Å²) in [6.07, 6.45) is 3.36. The molecule has 5 nitrogen and oxygen atoms in total. The molecule has 0 spiro atoms. The van der Waals surface area contributed by atoms with Gasteiger partial charge in [-0.2, -0.15) is 0 Å². The minimum absolute atomic E-state index is 0.263. The number of hydrogen-bond donors (Lipinski definition) is 1. The summed E-state index contributed by atoms with van der Waals surface area (Å²) in [5.74, 6) is -0.424. The molecule has 0 bridgehead atoms. The first-order chi connectivity index (χ1) is 14.9. The third-order valence-corrected chi connectivity index (χ3v) is 7.38. The van der Waals surface area contributed by atoms with E-state index in [0.29, 0.717) is 5.56 Å². The van der Waals surface area contributed by atoms with Gasteiger partial charge in [-0.1, -0.05) is 86.6 Å². The number of carbonyl (C=O) groups is 1. The van der Waals surface area contributed by atoms with E-state index in [4.69, 9.17) is 9.05 Å². The zero-order chi connectivity index (χ0) is 21.9. The Morgan fingerprint density at radius 1 is 0.968 bits per heavy atom. The smallest absolute Gasteiger partial charge is 0.332 e. The second-order valence-electron chi connectivity index (χ2n) is 8.47. The normalized spacial score (nSPS) is 18.6. The van der Waals surface area contributed by atoms with Crippen LogP contribution in [0, 0.1) is 5.41 Å². The Bertz CT molecular complexity index is 1140. The SMILES string of the molecule is CC1(C)COP(=O)(C(C(=O)N/C=C/c2ccccc2)c2cccc3ccccc23)OC1. The Morgan fingerprint density at radius 2 is 1.61 bits per heavy atom. The molecule has 1 N–H and O–H groups in total. The molecule has 0 aliphatic carbocycles. The molecule has 1 saturated heterocycles.